The van der Waals surface area contributed by atoms with E-state index in [1.165, 1.54) is 11.8 Å². The Balaban J connectivity index is 1.95. The molecule has 0 atom stereocenters. The fourth-order valence-electron chi connectivity index (χ4n) is 3.36. The second kappa shape index (κ2) is 8.68. The molecular weight excluding hydrogens is 376 g/mol. The van der Waals surface area contributed by atoms with Gasteiger partial charge in [-0.3, -0.25) is 0 Å². The van der Waals surface area contributed by atoms with Gasteiger partial charge in [0.25, 0.3) is 0 Å². The highest BCUT2D eigenvalue weighted by molar-refractivity contribution is 7.98. The molecule has 2 aromatic rings. The second-order valence-electron chi connectivity index (χ2n) is 6.71. The van der Waals surface area contributed by atoms with E-state index in [1.807, 2.05) is 39.2 Å². The Morgan fingerprint density at radius 2 is 1.89 bits per heavy atom. The van der Waals surface area contributed by atoms with Crippen LogP contribution in [0, 0.1) is 13.8 Å². The smallest absolute Gasteiger partial charge is 0.409 e. The summed E-state index contributed by atoms with van der Waals surface area (Å²) in [7, 11) is 0. The Labute approximate surface area is 169 Å². The van der Waals surface area contributed by atoms with Crippen molar-refractivity contribution in [2.24, 2.45) is 0 Å². The molecular formula is C20H26N4O3S. The maximum absolute atomic E-state index is 12.1. The van der Waals surface area contributed by atoms with Crippen LogP contribution in [0.2, 0.25) is 0 Å². The molecule has 7 nitrogen and oxygen atoms in total. The number of carbonyl (C=O) groups excluding carboxylic acids is 1. The molecule has 1 aromatic heterocycles. The van der Waals surface area contributed by atoms with Crippen LogP contribution < -0.4 is 10.5 Å². The van der Waals surface area contributed by atoms with Gasteiger partial charge in [-0.15, -0.1) is 0 Å². The molecule has 0 spiro atoms. The van der Waals surface area contributed by atoms with Gasteiger partial charge in [0.2, 0.25) is 5.88 Å². The SMILES string of the molecule is CCOC(=O)N1CCc2nc(SC)nc(Oc3c(C)cc(N)cc3C)c2CC1. The summed E-state index contributed by atoms with van der Waals surface area (Å²) in [6.45, 7) is 7.22. The molecule has 0 bridgehead atoms. The number of rotatable bonds is 4. The van der Waals surface area contributed by atoms with Crippen molar-refractivity contribution < 1.29 is 14.3 Å². The number of ether oxygens (including phenoxy) is 2. The van der Waals surface area contributed by atoms with Crippen LogP contribution in [0.1, 0.15) is 29.3 Å². The molecule has 2 heterocycles. The highest BCUT2D eigenvalue weighted by atomic mass is 32.2. The summed E-state index contributed by atoms with van der Waals surface area (Å²) in [5, 5.41) is 0.657. The first-order chi connectivity index (χ1) is 13.4. The lowest BCUT2D eigenvalue weighted by atomic mass is 10.1. The minimum atomic E-state index is -0.291. The largest absolute Gasteiger partial charge is 0.450 e. The highest BCUT2D eigenvalue weighted by Gasteiger charge is 2.25. The number of thioether (sulfide) groups is 1. The van der Waals surface area contributed by atoms with Gasteiger partial charge in [-0.05, 0) is 56.7 Å². The Morgan fingerprint density at radius 3 is 2.54 bits per heavy atom. The molecule has 0 radical (unpaired) electrons. The Morgan fingerprint density at radius 1 is 1.21 bits per heavy atom. The van der Waals surface area contributed by atoms with Crippen molar-refractivity contribution in [1.82, 2.24) is 14.9 Å². The van der Waals surface area contributed by atoms with Crippen LogP contribution >= 0.6 is 11.8 Å². The van der Waals surface area contributed by atoms with E-state index in [9.17, 15) is 4.79 Å². The first-order valence-electron chi connectivity index (χ1n) is 9.33. The van der Waals surface area contributed by atoms with Gasteiger partial charge in [-0.25, -0.2) is 9.78 Å². The molecule has 8 heteroatoms. The van der Waals surface area contributed by atoms with Crippen molar-refractivity contribution >= 4 is 23.5 Å². The van der Waals surface area contributed by atoms with E-state index in [2.05, 4.69) is 9.97 Å². The zero-order valence-corrected chi connectivity index (χ0v) is 17.6. The topological polar surface area (TPSA) is 90.6 Å². The van der Waals surface area contributed by atoms with Gasteiger partial charge in [-0.1, -0.05) is 11.8 Å². The molecule has 1 aliphatic heterocycles. The van der Waals surface area contributed by atoms with E-state index in [1.54, 1.807) is 4.90 Å². The molecule has 0 unspecified atom stereocenters. The summed E-state index contributed by atoms with van der Waals surface area (Å²) in [6.07, 6.45) is 2.90. The lowest BCUT2D eigenvalue weighted by molar-refractivity contribution is 0.109. The summed E-state index contributed by atoms with van der Waals surface area (Å²) >= 11 is 1.47. The summed E-state index contributed by atoms with van der Waals surface area (Å²) in [5.74, 6) is 1.31. The third-order valence-electron chi connectivity index (χ3n) is 4.67. The number of nitrogens with zero attached hydrogens (tertiary/aromatic N) is 3. The zero-order chi connectivity index (χ0) is 20.3. The number of hydrogen-bond donors (Lipinski definition) is 1. The lowest BCUT2D eigenvalue weighted by Gasteiger charge is -2.19. The first kappa shape index (κ1) is 20.3. The molecule has 3 rings (SSSR count). The van der Waals surface area contributed by atoms with E-state index in [4.69, 9.17) is 15.2 Å². The maximum Gasteiger partial charge on any atom is 0.409 e. The number of aryl methyl sites for hydroxylation is 2. The van der Waals surface area contributed by atoms with Crippen molar-refractivity contribution in [3.63, 3.8) is 0 Å². The van der Waals surface area contributed by atoms with Crippen LogP contribution in [-0.4, -0.2) is 46.9 Å². The normalized spacial score (nSPS) is 13.6. The molecule has 1 aliphatic rings. The minimum Gasteiger partial charge on any atom is -0.450 e. The van der Waals surface area contributed by atoms with Crippen molar-refractivity contribution in [2.75, 3.05) is 31.7 Å². The standard InChI is InChI=1S/C20H26N4O3S/c1-5-26-20(25)24-8-6-15-16(7-9-24)22-19(28-4)23-18(15)27-17-12(2)10-14(21)11-13(17)3/h10-11H,5-9,21H2,1-4H3. The van der Waals surface area contributed by atoms with Crippen LogP contribution in [-0.2, 0) is 17.6 Å². The summed E-state index contributed by atoms with van der Waals surface area (Å²) in [5.41, 5.74) is 10.4. The van der Waals surface area contributed by atoms with Crippen LogP contribution in [0.4, 0.5) is 10.5 Å². The highest BCUT2D eigenvalue weighted by Crippen LogP contribution is 2.34. The third-order valence-corrected chi connectivity index (χ3v) is 5.22. The van der Waals surface area contributed by atoms with E-state index in [0.717, 1.165) is 28.1 Å². The average Bonchev–Trinajstić information content (AvgIpc) is 2.87. The number of fused-ring (bicyclic) bond motifs is 1. The lowest BCUT2D eigenvalue weighted by Crippen LogP contribution is -2.33. The first-order valence-corrected chi connectivity index (χ1v) is 10.6. The predicted octanol–water partition coefficient (Wildman–Crippen LogP) is 3.75. The van der Waals surface area contributed by atoms with Gasteiger partial charge >= 0.3 is 6.09 Å². The molecule has 1 amide bonds. The zero-order valence-electron chi connectivity index (χ0n) is 16.7. The third kappa shape index (κ3) is 4.32. The van der Waals surface area contributed by atoms with Gasteiger partial charge in [0.1, 0.15) is 5.75 Å². The summed E-state index contributed by atoms with van der Waals surface area (Å²) < 4.78 is 11.4. The van der Waals surface area contributed by atoms with E-state index >= 15 is 0 Å². The monoisotopic (exact) mass is 402 g/mol. The quantitative estimate of drug-likeness (QED) is 0.473. The van der Waals surface area contributed by atoms with Crippen molar-refractivity contribution in [3.05, 3.63) is 34.5 Å². The maximum atomic E-state index is 12.1. The van der Waals surface area contributed by atoms with Gasteiger partial charge in [0.05, 0.1) is 12.3 Å². The van der Waals surface area contributed by atoms with E-state index in [0.29, 0.717) is 49.3 Å². The van der Waals surface area contributed by atoms with Crippen LogP contribution in [0.5, 0.6) is 11.6 Å². The van der Waals surface area contributed by atoms with Gasteiger partial charge < -0.3 is 20.1 Å². The average molecular weight is 403 g/mol. The number of aromatic nitrogens is 2. The number of anilines is 1. The second-order valence-corrected chi connectivity index (χ2v) is 7.49. The Kier molecular flexibility index (Phi) is 6.28. The number of nitrogens with two attached hydrogens (primary N) is 1. The van der Waals surface area contributed by atoms with Crippen LogP contribution in [0.15, 0.2) is 17.3 Å². The fourth-order valence-corrected chi connectivity index (χ4v) is 3.73. The van der Waals surface area contributed by atoms with Gasteiger partial charge in [-0.2, -0.15) is 4.98 Å². The molecule has 0 saturated heterocycles. The van der Waals surface area contributed by atoms with Crippen LogP contribution in [0.3, 0.4) is 0 Å². The molecule has 28 heavy (non-hydrogen) atoms. The molecule has 0 saturated carbocycles. The number of amides is 1. The van der Waals surface area contributed by atoms with Gasteiger partial charge in [0, 0.05) is 30.8 Å². The molecule has 1 aromatic carbocycles. The van der Waals surface area contributed by atoms with Crippen molar-refractivity contribution in [2.45, 2.75) is 38.8 Å². The van der Waals surface area contributed by atoms with E-state index < -0.39 is 0 Å². The summed E-state index contributed by atoms with van der Waals surface area (Å²) in [4.78, 5) is 23.1. The molecule has 0 aliphatic carbocycles. The van der Waals surface area contributed by atoms with Crippen LogP contribution in [0.25, 0.3) is 0 Å². The molecule has 150 valence electrons. The number of benzene rings is 1. The predicted molar refractivity (Wildman–Crippen MR) is 110 cm³/mol. The number of carbonyl (C=O) groups is 1. The molecule has 2 N–H and O–H groups in total. The fraction of sp³-hybridized carbons (Fsp3) is 0.450. The minimum absolute atomic E-state index is 0.291. The van der Waals surface area contributed by atoms with Crippen molar-refractivity contribution in [3.8, 4) is 11.6 Å². The van der Waals surface area contributed by atoms with Gasteiger partial charge in [0.15, 0.2) is 5.16 Å². The molecule has 0 fully saturated rings. The Bertz CT molecular complexity index is 865. The number of nitrogen functional groups attached to an aromatic ring is 1. The Hall–Kier alpha value is -2.48. The summed E-state index contributed by atoms with van der Waals surface area (Å²) in [6, 6.07) is 3.78. The number of hydrogen-bond acceptors (Lipinski definition) is 7. The van der Waals surface area contributed by atoms with E-state index in [-0.39, 0.29) is 6.09 Å². The van der Waals surface area contributed by atoms with Crippen molar-refractivity contribution in [1.29, 1.82) is 0 Å².